The van der Waals surface area contributed by atoms with E-state index in [1.807, 2.05) is 39.1 Å². The summed E-state index contributed by atoms with van der Waals surface area (Å²) in [5, 5.41) is 3.39. The smallest absolute Gasteiger partial charge is 0.410 e. The molecule has 5 nitrogen and oxygen atoms in total. The van der Waals surface area contributed by atoms with Gasteiger partial charge in [0.2, 0.25) is 0 Å². The topological polar surface area (TPSA) is 54.5 Å². The van der Waals surface area contributed by atoms with Gasteiger partial charge in [-0.25, -0.2) is 4.79 Å². The zero-order valence-electron chi connectivity index (χ0n) is 11.7. The second kappa shape index (κ2) is 5.57. The minimum absolute atomic E-state index is 0.120. The van der Waals surface area contributed by atoms with Gasteiger partial charge in [0.25, 0.3) is 0 Å². The Kier molecular flexibility index (Phi) is 4.04. The number of aromatic nitrogens is 1. The molecule has 2 heterocycles. The molecule has 1 aromatic rings. The summed E-state index contributed by atoms with van der Waals surface area (Å²) in [5.41, 5.74) is 0.641. The van der Waals surface area contributed by atoms with Crippen molar-refractivity contribution in [2.45, 2.75) is 32.4 Å². The molecule has 1 fully saturated rings. The summed E-state index contributed by atoms with van der Waals surface area (Å²) in [4.78, 5) is 17.9. The van der Waals surface area contributed by atoms with Gasteiger partial charge in [-0.15, -0.1) is 0 Å². The fourth-order valence-corrected chi connectivity index (χ4v) is 2.05. The molecule has 0 radical (unpaired) electrons. The van der Waals surface area contributed by atoms with Crippen LogP contribution >= 0.6 is 0 Å². The SMILES string of the molecule is CC(C)(C)OC(=O)N1CCNC(c2cccnc2)C1. The van der Waals surface area contributed by atoms with Crippen LogP contribution in [0.15, 0.2) is 24.5 Å². The van der Waals surface area contributed by atoms with Crippen LogP contribution in [0.5, 0.6) is 0 Å². The van der Waals surface area contributed by atoms with E-state index < -0.39 is 5.60 Å². The van der Waals surface area contributed by atoms with Crippen molar-refractivity contribution in [2.75, 3.05) is 19.6 Å². The van der Waals surface area contributed by atoms with Crippen LogP contribution in [0.3, 0.4) is 0 Å². The Balaban J connectivity index is 2.00. The van der Waals surface area contributed by atoms with Crippen molar-refractivity contribution in [1.29, 1.82) is 0 Å². The summed E-state index contributed by atoms with van der Waals surface area (Å²) in [6, 6.07) is 4.04. The summed E-state index contributed by atoms with van der Waals surface area (Å²) < 4.78 is 5.40. The fourth-order valence-electron chi connectivity index (χ4n) is 2.05. The summed E-state index contributed by atoms with van der Waals surface area (Å²) in [6.07, 6.45) is 3.33. The first kappa shape index (κ1) is 13.8. The second-order valence-electron chi connectivity index (χ2n) is 5.72. The second-order valence-corrected chi connectivity index (χ2v) is 5.72. The number of hydrogen-bond acceptors (Lipinski definition) is 4. The third kappa shape index (κ3) is 3.92. The Morgan fingerprint density at radius 2 is 2.32 bits per heavy atom. The van der Waals surface area contributed by atoms with E-state index in [1.54, 1.807) is 11.1 Å². The van der Waals surface area contributed by atoms with E-state index in [-0.39, 0.29) is 12.1 Å². The average Bonchev–Trinajstić information content (AvgIpc) is 2.38. The number of piperazine rings is 1. The molecule has 0 saturated carbocycles. The highest BCUT2D eigenvalue weighted by atomic mass is 16.6. The highest BCUT2D eigenvalue weighted by Gasteiger charge is 2.27. The van der Waals surface area contributed by atoms with Crippen molar-refractivity contribution in [3.63, 3.8) is 0 Å². The zero-order chi connectivity index (χ0) is 13.9. The maximum absolute atomic E-state index is 12.1. The van der Waals surface area contributed by atoms with E-state index in [4.69, 9.17) is 4.74 Å². The van der Waals surface area contributed by atoms with Crippen LogP contribution in [0.4, 0.5) is 4.79 Å². The molecule has 1 atom stereocenters. The number of hydrogen-bond donors (Lipinski definition) is 1. The minimum Gasteiger partial charge on any atom is -0.444 e. The molecule has 0 bridgehead atoms. The molecule has 0 aliphatic carbocycles. The van der Waals surface area contributed by atoms with Gasteiger partial charge in [-0.05, 0) is 32.4 Å². The lowest BCUT2D eigenvalue weighted by molar-refractivity contribution is 0.0195. The molecule has 1 unspecified atom stereocenters. The van der Waals surface area contributed by atoms with Gasteiger partial charge in [0.15, 0.2) is 0 Å². The Hall–Kier alpha value is -1.62. The van der Waals surface area contributed by atoms with Crippen molar-refractivity contribution in [2.24, 2.45) is 0 Å². The Labute approximate surface area is 114 Å². The molecule has 1 aliphatic rings. The lowest BCUT2D eigenvalue weighted by Crippen LogP contribution is -2.49. The molecule has 0 aromatic carbocycles. The number of ether oxygens (including phenoxy) is 1. The first-order valence-electron chi connectivity index (χ1n) is 6.57. The van der Waals surface area contributed by atoms with Crippen LogP contribution in [0.1, 0.15) is 32.4 Å². The van der Waals surface area contributed by atoms with Crippen LogP contribution in [0, 0.1) is 0 Å². The highest BCUT2D eigenvalue weighted by Crippen LogP contribution is 2.18. The maximum atomic E-state index is 12.1. The van der Waals surface area contributed by atoms with Crippen LogP contribution in [-0.4, -0.2) is 41.2 Å². The Bertz CT molecular complexity index is 428. The quantitative estimate of drug-likeness (QED) is 0.841. The van der Waals surface area contributed by atoms with Gasteiger partial charge in [-0.1, -0.05) is 6.07 Å². The molecule has 1 saturated heterocycles. The van der Waals surface area contributed by atoms with Crippen LogP contribution in [0.25, 0.3) is 0 Å². The van der Waals surface area contributed by atoms with Gasteiger partial charge in [-0.2, -0.15) is 0 Å². The van der Waals surface area contributed by atoms with E-state index in [0.717, 1.165) is 12.1 Å². The largest absolute Gasteiger partial charge is 0.444 e. The zero-order valence-corrected chi connectivity index (χ0v) is 11.7. The lowest BCUT2D eigenvalue weighted by atomic mass is 10.1. The van der Waals surface area contributed by atoms with E-state index in [0.29, 0.717) is 13.1 Å². The maximum Gasteiger partial charge on any atom is 0.410 e. The van der Waals surface area contributed by atoms with Crippen molar-refractivity contribution in [3.05, 3.63) is 30.1 Å². The number of rotatable bonds is 1. The van der Waals surface area contributed by atoms with E-state index >= 15 is 0 Å². The third-order valence-electron chi connectivity index (χ3n) is 2.91. The van der Waals surface area contributed by atoms with Crippen molar-refractivity contribution < 1.29 is 9.53 Å². The summed E-state index contributed by atoms with van der Waals surface area (Å²) in [7, 11) is 0. The molecule has 104 valence electrons. The van der Waals surface area contributed by atoms with Gasteiger partial charge < -0.3 is 15.0 Å². The van der Waals surface area contributed by atoms with E-state index in [9.17, 15) is 4.79 Å². The summed E-state index contributed by atoms with van der Waals surface area (Å²) in [5.74, 6) is 0. The highest BCUT2D eigenvalue weighted by molar-refractivity contribution is 5.68. The van der Waals surface area contributed by atoms with E-state index in [1.165, 1.54) is 0 Å². The van der Waals surface area contributed by atoms with Gasteiger partial charge in [0.05, 0.1) is 6.04 Å². The van der Waals surface area contributed by atoms with Crippen molar-refractivity contribution in [1.82, 2.24) is 15.2 Å². The molecule has 2 rings (SSSR count). The predicted octanol–water partition coefficient (Wildman–Crippen LogP) is 1.96. The number of carbonyl (C=O) groups excluding carboxylic acids is 1. The average molecular weight is 263 g/mol. The van der Waals surface area contributed by atoms with E-state index in [2.05, 4.69) is 10.3 Å². The standard InChI is InChI=1S/C14H21N3O2/c1-14(2,3)19-13(18)17-8-7-16-12(10-17)11-5-4-6-15-9-11/h4-6,9,12,16H,7-8,10H2,1-3H3. The molecule has 19 heavy (non-hydrogen) atoms. The van der Waals surface area contributed by atoms with Crippen LogP contribution in [0.2, 0.25) is 0 Å². The molecule has 0 spiro atoms. The van der Waals surface area contributed by atoms with Crippen LogP contribution in [-0.2, 0) is 4.74 Å². The monoisotopic (exact) mass is 263 g/mol. The Morgan fingerprint density at radius 3 is 2.95 bits per heavy atom. The fraction of sp³-hybridized carbons (Fsp3) is 0.571. The first-order chi connectivity index (χ1) is 8.96. The molecule has 1 aliphatic heterocycles. The number of carbonyl (C=O) groups is 1. The van der Waals surface area contributed by atoms with Gasteiger partial charge in [0, 0.05) is 32.0 Å². The van der Waals surface area contributed by atoms with Crippen molar-refractivity contribution in [3.8, 4) is 0 Å². The molecular weight excluding hydrogens is 242 g/mol. The first-order valence-corrected chi connectivity index (χ1v) is 6.57. The summed E-state index contributed by atoms with van der Waals surface area (Å²) in [6.45, 7) is 7.69. The van der Waals surface area contributed by atoms with Gasteiger partial charge in [-0.3, -0.25) is 4.98 Å². The third-order valence-corrected chi connectivity index (χ3v) is 2.91. The number of nitrogens with zero attached hydrogens (tertiary/aromatic N) is 2. The predicted molar refractivity (Wildman–Crippen MR) is 72.8 cm³/mol. The number of pyridine rings is 1. The lowest BCUT2D eigenvalue weighted by Gasteiger charge is -2.34. The number of amides is 1. The summed E-state index contributed by atoms with van der Waals surface area (Å²) >= 11 is 0. The number of nitrogens with one attached hydrogen (secondary N) is 1. The molecule has 1 N–H and O–H groups in total. The van der Waals surface area contributed by atoms with Gasteiger partial charge >= 0.3 is 6.09 Å². The van der Waals surface area contributed by atoms with Crippen LogP contribution < -0.4 is 5.32 Å². The Morgan fingerprint density at radius 1 is 1.53 bits per heavy atom. The van der Waals surface area contributed by atoms with Crippen molar-refractivity contribution >= 4 is 6.09 Å². The van der Waals surface area contributed by atoms with Gasteiger partial charge in [0.1, 0.15) is 5.60 Å². The minimum atomic E-state index is -0.453. The molecule has 1 amide bonds. The molecule has 1 aromatic heterocycles. The molecular formula is C14H21N3O2. The molecule has 5 heteroatoms. The normalized spacial score (nSPS) is 20.2.